The van der Waals surface area contributed by atoms with Gasteiger partial charge in [-0.2, -0.15) is 0 Å². The van der Waals surface area contributed by atoms with E-state index in [2.05, 4.69) is 4.74 Å². The van der Waals surface area contributed by atoms with Crippen molar-refractivity contribution in [3.8, 4) is 0 Å². The molecule has 76 valence electrons. The third-order valence-electron chi connectivity index (χ3n) is 1.77. The molecule has 13 heavy (non-hydrogen) atoms. The maximum absolute atomic E-state index is 11.0. The van der Waals surface area contributed by atoms with Crippen molar-refractivity contribution < 1.29 is 14.5 Å². The van der Waals surface area contributed by atoms with Crippen molar-refractivity contribution in [1.29, 1.82) is 0 Å². The van der Waals surface area contributed by atoms with Crippen LogP contribution in [-0.2, 0) is 9.53 Å². The first kappa shape index (κ1) is 11.8. The van der Waals surface area contributed by atoms with Gasteiger partial charge in [0.15, 0.2) is 6.04 Å². The van der Waals surface area contributed by atoms with E-state index in [1.165, 1.54) is 13.8 Å². The molecule has 6 heteroatoms. The molecule has 0 aromatic rings. The molecule has 0 aliphatic heterocycles. The minimum absolute atomic E-state index is 0.167. The number of rotatable bonds is 4. The Morgan fingerprint density at radius 1 is 1.69 bits per heavy atom. The second-order valence-corrected chi connectivity index (χ2v) is 3.14. The summed E-state index contributed by atoms with van der Waals surface area (Å²) in [6.45, 7) is 4.35. The summed E-state index contributed by atoms with van der Waals surface area (Å²) in [4.78, 5) is 20.9. The average molecular weight is 190 g/mol. The molecule has 0 aliphatic carbocycles. The van der Waals surface area contributed by atoms with Crippen molar-refractivity contribution in [2.75, 3.05) is 6.61 Å². The predicted molar refractivity (Wildman–Crippen MR) is 45.7 cm³/mol. The molecule has 0 rings (SSSR count). The molecule has 0 heterocycles. The third kappa shape index (κ3) is 2.66. The van der Waals surface area contributed by atoms with Crippen LogP contribution in [0.4, 0.5) is 0 Å². The van der Waals surface area contributed by atoms with E-state index in [0.29, 0.717) is 0 Å². The molecule has 0 saturated heterocycles. The molecule has 0 bridgehead atoms. The van der Waals surface area contributed by atoms with Crippen LogP contribution >= 0.6 is 0 Å². The molecule has 0 amide bonds. The van der Waals surface area contributed by atoms with Crippen LogP contribution < -0.4 is 5.73 Å². The molecular weight excluding hydrogens is 176 g/mol. The fraction of sp³-hybridized carbons (Fsp3) is 0.857. The number of nitrogens with zero attached hydrogens (tertiary/aromatic N) is 1. The Bertz CT molecular complexity index is 215. The first-order valence-corrected chi connectivity index (χ1v) is 3.90. The normalized spacial score (nSPS) is 13.5. The summed E-state index contributed by atoms with van der Waals surface area (Å²) in [5, 5.41) is 10.5. The van der Waals surface area contributed by atoms with Crippen LogP contribution in [0.15, 0.2) is 0 Å². The van der Waals surface area contributed by atoms with Crippen LogP contribution in [0.5, 0.6) is 0 Å². The molecule has 0 aromatic heterocycles. The van der Waals surface area contributed by atoms with Crippen LogP contribution in [-0.4, -0.2) is 29.1 Å². The Labute approximate surface area is 76.2 Å². The lowest BCUT2D eigenvalue weighted by molar-refractivity contribution is -0.561. The van der Waals surface area contributed by atoms with Crippen molar-refractivity contribution in [1.82, 2.24) is 0 Å². The lowest BCUT2D eigenvalue weighted by Gasteiger charge is -2.21. The van der Waals surface area contributed by atoms with Crippen LogP contribution in [0.3, 0.4) is 0 Å². The first-order valence-electron chi connectivity index (χ1n) is 3.90. The Morgan fingerprint density at radius 2 is 2.15 bits per heavy atom. The molecule has 1 unspecified atom stereocenters. The number of carbonyl (C=O) groups excluding carboxylic acids is 1. The van der Waals surface area contributed by atoms with E-state index in [-0.39, 0.29) is 6.61 Å². The van der Waals surface area contributed by atoms with Gasteiger partial charge >= 0.3 is 5.97 Å². The van der Waals surface area contributed by atoms with Gasteiger partial charge in [0, 0.05) is 18.8 Å². The summed E-state index contributed by atoms with van der Waals surface area (Å²) >= 11 is 0. The minimum Gasteiger partial charge on any atom is -0.465 e. The van der Waals surface area contributed by atoms with Crippen molar-refractivity contribution in [3.63, 3.8) is 0 Å². The summed E-state index contributed by atoms with van der Waals surface area (Å²) in [6.07, 6.45) is 0. The quantitative estimate of drug-likeness (QED) is 0.380. The summed E-state index contributed by atoms with van der Waals surface area (Å²) in [7, 11) is 0. The van der Waals surface area contributed by atoms with Gasteiger partial charge in [-0.05, 0) is 6.92 Å². The molecule has 0 aromatic carbocycles. The van der Waals surface area contributed by atoms with E-state index in [4.69, 9.17) is 5.73 Å². The fourth-order valence-electron chi connectivity index (χ4n) is 0.634. The van der Waals surface area contributed by atoms with E-state index < -0.39 is 22.5 Å². The number of hydrogen-bond donors (Lipinski definition) is 1. The zero-order chi connectivity index (χ0) is 10.6. The van der Waals surface area contributed by atoms with Gasteiger partial charge in [0.2, 0.25) is 5.54 Å². The number of esters is 1. The fourth-order valence-corrected chi connectivity index (χ4v) is 0.634. The van der Waals surface area contributed by atoms with Crippen molar-refractivity contribution in [2.45, 2.75) is 32.4 Å². The van der Waals surface area contributed by atoms with Crippen molar-refractivity contribution in [3.05, 3.63) is 10.1 Å². The van der Waals surface area contributed by atoms with E-state index >= 15 is 0 Å². The topological polar surface area (TPSA) is 95.5 Å². The molecular formula is C7H14N2O4. The van der Waals surface area contributed by atoms with Crippen LogP contribution in [0.25, 0.3) is 0 Å². The van der Waals surface area contributed by atoms with Gasteiger partial charge < -0.3 is 10.5 Å². The Balaban J connectivity index is 4.48. The summed E-state index contributed by atoms with van der Waals surface area (Å²) < 4.78 is 4.57. The SMILES string of the molecule is CCOC(=O)C(N)C(C)(C)[N+](=O)[O-]. The van der Waals surface area contributed by atoms with Crippen molar-refractivity contribution in [2.24, 2.45) is 5.73 Å². The van der Waals surface area contributed by atoms with E-state index in [1.54, 1.807) is 6.92 Å². The standard InChI is InChI=1S/C7H14N2O4/c1-4-13-6(10)5(8)7(2,3)9(11)12/h5H,4,8H2,1-3H3. The Hall–Kier alpha value is -1.17. The lowest BCUT2D eigenvalue weighted by Crippen LogP contribution is -2.54. The third-order valence-corrected chi connectivity index (χ3v) is 1.77. The zero-order valence-corrected chi connectivity index (χ0v) is 7.94. The van der Waals surface area contributed by atoms with Crippen molar-refractivity contribution >= 4 is 5.97 Å². The molecule has 0 fully saturated rings. The smallest absolute Gasteiger partial charge is 0.330 e. The molecule has 0 saturated carbocycles. The average Bonchev–Trinajstić information content (AvgIpc) is 2.03. The van der Waals surface area contributed by atoms with E-state index in [9.17, 15) is 14.9 Å². The molecule has 0 spiro atoms. The number of carbonyl (C=O) groups is 1. The van der Waals surface area contributed by atoms with Gasteiger partial charge in [-0.3, -0.25) is 14.9 Å². The number of nitrogens with two attached hydrogens (primary N) is 1. The largest absolute Gasteiger partial charge is 0.465 e. The molecule has 0 radical (unpaired) electrons. The molecule has 0 aliphatic rings. The molecule has 1 atom stereocenters. The van der Waals surface area contributed by atoms with Gasteiger partial charge in [-0.15, -0.1) is 0 Å². The summed E-state index contributed by atoms with van der Waals surface area (Å²) in [6, 6.07) is -1.23. The van der Waals surface area contributed by atoms with Crippen LogP contribution in [0.2, 0.25) is 0 Å². The maximum atomic E-state index is 11.0. The highest BCUT2D eigenvalue weighted by molar-refractivity contribution is 5.76. The summed E-state index contributed by atoms with van der Waals surface area (Å²) in [5.74, 6) is -0.746. The first-order chi connectivity index (χ1) is 5.84. The van der Waals surface area contributed by atoms with Gasteiger partial charge in [-0.1, -0.05) is 0 Å². The molecule has 2 N–H and O–H groups in total. The van der Waals surface area contributed by atoms with Gasteiger partial charge in [0.25, 0.3) is 0 Å². The maximum Gasteiger partial charge on any atom is 0.330 e. The second kappa shape index (κ2) is 4.18. The lowest BCUT2D eigenvalue weighted by atomic mass is 9.96. The number of nitro groups is 1. The van der Waals surface area contributed by atoms with Crippen LogP contribution in [0.1, 0.15) is 20.8 Å². The zero-order valence-electron chi connectivity index (χ0n) is 7.94. The minimum atomic E-state index is -1.49. The number of hydrogen-bond acceptors (Lipinski definition) is 5. The monoisotopic (exact) mass is 190 g/mol. The number of ether oxygens (including phenoxy) is 1. The van der Waals surface area contributed by atoms with E-state index in [1.807, 2.05) is 0 Å². The highest BCUT2D eigenvalue weighted by Gasteiger charge is 2.43. The van der Waals surface area contributed by atoms with Gasteiger partial charge in [0.1, 0.15) is 0 Å². The van der Waals surface area contributed by atoms with Crippen LogP contribution in [0, 0.1) is 10.1 Å². The Kier molecular flexibility index (Phi) is 3.80. The van der Waals surface area contributed by atoms with E-state index in [0.717, 1.165) is 0 Å². The van der Waals surface area contributed by atoms with Gasteiger partial charge in [0.05, 0.1) is 6.61 Å². The van der Waals surface area contributed by atoms with Gasteiger partial charge in [-0.25, -0.2) is 0 Å². The highest BCUT2D eigenvalue weighted by atomic mass is 16.6. The molecule has 6 nitrogen and oxygen atoms in total. The predicted octanol–water partition coefficient (Wildman–Crippen LogP) is -0.0679. The second-order valence-electron chi connectivity index (χ2n) is 3.14. The Morgan fingerprint density at radius 3 is 2.46 bits per heavy atom. The summed E-state index contributed by atoms with van der Waals surface area (Å²) in [5.41, 5.74) is 3.87. The highest BCUT2D eigenvalue weighted by Crippen LogP contribution is 2.12.